The summed E-state index contributed by atoms with van der Waals surface area (Å²) in [7, 11) is 1.88. The number of H-pyrrole nitrogens is 1. The molecule has 37 heavy (non-hydrogen) atoms. The second kappa shape index (κ2) is 10.2. The van der Waals surface area contributed by atoms with Gasteiger partial charge in [0.2, 0.25) is 5.56 Å². The van der Waals surface area contributed by atoms with E-state index in [1.54, 1.807) is 30.2 Å². The number of fused-ring (bicyclic) bond motifs is 2. The summed E-state index contributed by atoms with van der Waals surface area (Å²) in [5, 5.41) is 6.63. The number of benzene rings is 2. The zero-order chi connectivity index (χ0) is 25.2. The van der Waals surface area contributed by atoms with Crippen LogP contribution in [0.1, 0.15) is 17.2 Å². The molecule has 4 aromatic rings. The third-order valence-corrected chi connectivity index (χ3v) is 7.61. The van der Waals surface area contributed by atoms with Gasteiger partial charge < -0.3 is 30.0 Å². The summed E-state index contributed by atoms with van der Waals surface area (Å²) in [5.74, 6) is 2.54. The number of ether oxygens (including phenoxy) is 2. The van der Waals surface area contributed by atoms with Crippen molar-refractivity contribution in [3.05, 3.63) is 94.5 Å². The van der Waals surface area contributed by atoms with Crippen molar-refractivity contribution in [2.75, 3.05) is 42.3 Å². The Morgan fingerprint density at radius 3 is 2.97 bits per heavy atom. The van der Waals surface area contributed by atoms with Crippen molar-refractivity contribution in [3.63, 3.8) is 0 Å². The minimum absolute atomic E-state index is 0.106. The summed E-state index contributed by atoms with van der Waals surface area (Å²) in [6.07, 6.45) is 3.31. The fraction of sp³-hybridized carbons (Fsp3) is 0.214. The van der Waals surface area contributed by atoms with E-state index in [0.717, 1.165) is 56.2 Å². The predicted octanol–water partition coefficient (Wildman–Crippen LogP) is 5.26. The van der Waals surface area contributed by atoms with E-state index in [1.807, 2.05) is 31.3 Å². The normalized spacial score (nSPS) is 16.4. The molecule has 0 spiro atoms. The van der Waals surface area contributed by atoms with E-state index in [0.29, 0.717) is 19.7 Å². The molecule has 1 unspecified atom stereocenters. The van der Waals surface area contributed by atoms with Crippen LogP contribution >= 0.6 is 11.8 Å². The molecule has 1 saturated heterocycles. The number of aromatic amines is 1. The third kappa shape index (κ3) is 4.87. The van der Waals surface area contributed by atoms with Crippen molar-refractivity contribution in [3.8, 4) is 11.5 Å². The molecule has 1 atom stereocenters. The first-order valence-electron chi connectivity index (χ1n) is 12.2. The Kier molecular flexibility index (Phi) is 6.46. The lowest BCUT2D eigenvalue weighted by molar-refractivity contribution is 0.0383. The van der Waals surface area contributed by atoms with E-state index in [4.69, 9.17) is 9.47 Å². The van der Waals surface area contributed by atoms with Crippen LogP contribution in [0.15, 0.2) is 87.6 Å². The zero-order valence-electron chi connectivity index (χ0n) is 20.4. The first-order valence-corrected chi connectivity index (χ1v) is 13.0. The Morgan fingerprint density at radius 2 is 2.08 bits per heavy atom. The van der Waals surface area contributed by atoms with Crippen molar-refractivity contribution in [1.29, 1.82) is 0 Å². The number of hydrogen-bond acceptors (Lipinski definition) is 8. The molecule has 2 aromatic heterocycles. The van der Waals surface area contributed by atoms with Gasteiger partial charge in [0.05, 0.1) is 16.4 Å². The molecule has 0 aliphatic carbocycles. The second-order valence-corrected chi connectivity index (χ2v) is 9.96. The Balaban J connectivity index is 1.20. The van der Waals surface area contributed by atoms with Gasteiger partial charge in [0.1, 0.15) is 23.4 Å². The van der Waals surface area contributed by atoms with Gasteiger partial charge in [-0.15, -0.1) is 0 Å². The molecule has 188 valence electrons. The highest BCUT2D eigenvalue weighted by Gasteiger charge is 2.29. The number of morpholine rings is 1. The SMILES string of the molecule is CNc1ncccc1CNc1ccc2c(c1)Sc1cccc(C3CN(c4cc[nH]c(=O)c4)CCO3)c1O2. The van der Waals surface area contributed by atoms with E-state index in [9.17, 15) is 4.79 Å². The van der Waals surface area contributed by atoms with Crippen LogP contribution < -0.4 is 25.8 Å². The standard InChI is InChI=1S/C28H27N5O3S/c1-29-28-18(4-3-10-31-28)16-32-19-7-8-22-25(14-19)37-24-6-2-5-21(27(24)36-22)23-17-33(12-13-35-23)20-9-11-30-26(34)15-20/h2-11,14-15,23,32H,12-13,16-17H2,1H3,(H,29,31)(H,30,34). The van der Waals surface area contributed by atoms with Gasteiger partial charge in [0.15, 0.2) is 0 Å². The number of anilines is 3. The zero-order valence-corrected chi connectivity index (χ0v) is 21.2. The maximum absolute atomic E-state index is 11.8. The van der Waals surface area contributed by atoms with Crippen LogP contribution in [0, 0.1) is 0 Å². The molecular weight excluding hydrogens is 486 g/mol. The fourth-order valence-corrected chi connectivity index (χ4v) is 5.72. The molecular formula is C28H27N5O3S. The largest absolute Gasteiger partial charge is 0.455 e. The number of aromatic nitrogens is 2. The van der Waals surface area contributed by atoms with Crippen LogP contribution in [0.25, 0.3) is 0 Å². The Hall–Kier alpha value is -3.95. The molecule has 1 fully saturated rings. The van der Waals surface area contributed by atoms with E-state index in [2.05, 4.69) is 55.8 Å². The fourth-order valence-electron chi connectivity index (χ4n) is 4.69. The minimum Gasteiger partial charge on any atom is -0.455 e. The lowest BCUT2D eigenvalue weighted by atomic mass is 10.1. The average molecular weight is 514 g/mol. The van der Waals surface area contributed by atoms with E-state index < -0.39 is 0 Å². The van der Waals surface area contributed by atoms with Gasteiger partial charge in [0, 0.05) is 67.6 Å². The smallest absolute Gasteiger partial charge is 0.249 e. The molecule has 0 radical (unpaired) electrons. The van der Waals surface area contributed by atoms with Crippen LogP contribution in [0.5, 0.6) is 11.5 Å². The van der Waals surface area contributed by atoms with Crippen LogP contribution in [-0.2, 0) is 11.3 Å². The maximum atomic E-state index is 11.8. The van der Waals surface area contributed by atoms with Gasteiger partial charge in [-0.25, -0.2) is 4.98 Å². The van der Waals surface area contributed by atoms with E-state index in [1.165, 1.54) is 0 Å². The number of nitrogens with zero attached hydrogens (tertiary/aromatic N) is 2. The lowest BCUT2D eigenvalue weighted by Crippen LogP contribution is -2.39. The summed E-state index contributed by atoms with van der Waals surface area (Å²) >= 11 is 1.70. The summed E-state index contributed by atoms with van der Waals surface area (Å²) in [6, 6.07) is 19.9. The van der Waals surface area contributed by atoms with Crippen molar-refractivity contribution >= 4 is 29.0 Å². The quantitative estimate of drug-likeness (QED) is 0.283. The number of nitrogens with one attached hydrogen (secondary N) is 3. The molecule has 2 aliphatic heterocycles. The Morgan fingerprint density at radius 1 is 1.14 bits per heavy atom. The van der Waals surface area contributed by atoms with Crippen LogP contribution in [0.3, 0.4) is 0 Å². The summed E-state index contributed by atoms with van der Waals surface area (Å²) in [6.45, 7) is 2.62. The first kappa shape index (κ1) is 23.4. The molecule has 6 rings (SSSR count). The molecule has 3 N–H and O–H groups in total. The summed E-state index contributed by atoms with van der Waals surface area (Å²) in [5.41, 5.74) is 3.93. The van der Waals surface area contributed by atoms with Gasteiger partial charge in [0.25, 0.3) is 0 Å². The van der Waals surface area contributed by atoms with Crippen molar-refractivity contribution in [2.45, 2.75) is 22.4 Å². The number of rotatable bonds is 6. The van der Waals surface area contributed by atoms with Gasteiger partial charge in [-0.05, 0) is 36.4 Å². The molecule has 9 heteroatoms. The molecule has 0 saturated carbocycles. The van der Waals surface area contributed by atoms with E-state index >= 15 is 0 Å². The maximum Gasteiger partial charge on any atom is 0.249 e. The van der Waals surface area contributed by atoms with Crippen molar-refractivity contribution in [2.24, 2.45) is 0 Å². The van der Waals surface area contributed by atoms with Gasteiger partial charge >= 0.3 is 0 Å². The topological polar surface area (TPSA) is 91.5 Å². The highest BCUT2D eigenvalue weighted by Crippen LogP contribution is 2.50. The number of para-hydroxylation sites is 1. The first-order chi connectivity index (χ1) is 18.2. The molecule has 8 nitrogen and oxygen atoms in total. The minimum atomic E-state index is -0.160. The lowest BCUT2D eigenvalue weighted by Gasteiger charge is -2.35. The van der Waals surface area contributed by atoms with Gasteiger partial charge in [-0.1, -0.05) is 30.0 Å². The summed E-state index contributed by atoms with van der Waals surface area (Å²) < 4.78 is 12.6. The highest BCUT2D eigenvalue weighted by molar-refractivity contribution is 7.99. The second-order valence-electron chi connectivity index (χ2n) is 8.87. The van der Waals surface area contributed by atoms with Crippen LogP contribution in [-0.4, -0.2) is 36.7 Å². The predicted molar refractivity (Wildman–Crippen MR) is 146 cm³/mol. The molecule has 0 bridgehead atoms. The molecule has 2 aromatic carbocycles. The monoisotopic (exact) mass is 513 g/mol. The number of pyridine rings is 2. The van der Waals surface area contributed by atoms with Crippen LogP contribution in [0.2, 0.25) is 0 Å². The van der Waals surface area contributed by atoms with Gasteiger partial charge in [-0.2, -0.15) is 0 Å². The molecule has 0 amide bonds. The van der Waals surface area contributed by atoms with Crippen molar-refractivity contribution in [1.82, 2.24) is 9.97 Å². The molecule has 4 heterocycles. The number of hydrogen-bond donors (Lipinski definition) is 3. The van der Waals surface area contributed by atoms with Crippen molar-refractivity contribution < 1.29 is 9.47 Å². The molecule has 2 aliphatic rings. The third-order valence-electron chi connectivity index (χ3n) is 6.53. The Labute approximate surface area is 219 Å². The van der Waals surface area contributed by atoms with E-state index in [-0.39, 0.29) is 11.7 Å². The average Bonchev–Trinajstić information content (AvgIpc) is 2.94. The van der Waals surface area contributed by atoms with Gasteiger partial charge in [-0.3, -0.25) is 4.79 Å². The van der Waals surface area contributed by atoms with Crippen LogP contribution in [0.4, 0.5) is 17.2 Å². The highest BCUT2D eigenvalue weighted by atomic mass is 32.2. The summed E-state index contributed by atoms with van der Waals surface area (Å²) in [4.78, 5) is 23.2. The Bertz CT molecular complexity index is 1490.